The summed E-state index contributed by atoms with van der Waals surface area (Å²) in [6.45, 7) is -0.109. The molecule has 11 heavy (non-hydrogen) atoms. The summed E-state index contributed by atoms with van der Waals surface area (Å²) >= 11 is 0. The van der Waals surface area contributed by atoms with Gasteiger partial charge >= 0.3 is 0 Å². The van der Waals surface area contributed by atoms with E-state index < -0.39 is 6.10 Å². The minimum atomic E-state index is -0.528. The Balaban J connectivity index is 1.84. The van der Waals surface area contributed by atoms with Crippen molar-refractivity contribution in [1.82, 2.24) is 0 Å². The van der Waals surface area contributed by atoms with E-state index >= 15 is 0 Å². The summed E-state index contributed by atoms with van der Waals surface area (Å²) < 4.78 is 5.31. The van der Waals surface area contributed by atoms with E-state index in [0.717, 1.165) is 19.3 Å². The van der Waals surface area contributed by atoms with Crippen LogP contribution in [0.4, 0.5) is 0 Å². The molecule has 64 valence electrons. The van der Waals surface area contributed by atoms with Crippen molar-refractivity contribution in [2.24, 2.45) is 5.92 Å². The molecule has 1 heterocycles. The first-order chi connectivity index (χ1) is 5.31. The summed E-state index contributed by atoms with van der Waals surface area (Å²) in [7, 11) is 0. The normalized spacial score (nSPS) is 44.7. The van der Waals surface area contributed by atoms with Gasteiger partial charge in [0.15, 0.2) is 0 Å². The maximum Gasteiger partial charge on any atom is 0.0845 e. The molecule has 1 aliphatic carbocycles. The first kappa shape index (κ1) is 7.53. The van der Waals surface area contributed by atoms with E-state index in [1.54, 1.807) is 0 Å². The molecule has 0 bridgehead atoms. The molecule has 0 aromatic rings. The summed E-state index contributed by atoms with van der Waals surface area (Å²) in [6, 6.07) is 0. The average molecular weight is 158 g/mol. The molecule has 0 aromatic heterocycles. The maximum absolute atomic E-state index is 9.31. The number of hydrogen-bond acceptors (Lipinski definition) is 3. The molecule has 0 amide bonds. The second kappa shape index (κ2) is 2.73. The van der Waals surface area contributed by atoms with Gasteiger partial charge in [-0.05, 0) is 25.2 Å². The first-order valence-corrected chi connectivity index (χ1v) is 4.25. The van der Waals surface area contributed by atoms with Gasteiger partial charge in [-0.2, -0.15) is 0 Å². The Bertz CT molecular complexity index is 148. The smallest absolute Gasteiger partial charge is 0.0845 e. The monoisotopic (exact) mass is 158 g/mol. The van der Waals surface area contributed by atoms with Gasteiger partial charge in [-0.1, -0.05) is 0 Å². The van der Waals surface area contributed by atoms with Gasteiger partial charge in [0.25, 0.3) is 0 Å². The minimum absolute atomic E-state index is 0.109. The van der Waals surface area contributed by atoms with Crippen molar-refractivity contribution in [3.63, 3.8) is 0 Å². The number of rotatable bonds is 2. The Morgan fingerprint density at radius 3 is 2.82 bits per heavy atom. The van der Waals surface area contributed by atoms with Crippen LogP contribution in [0.25, 0.3) is 0 Å². The average Bonchev–Trinajstić information content (AvgIpc) is 2.80. The fourth-order valence-electron chi connectivity index (χ4n) is 1.93. The van der Waals surface area contributed by atoms with Gasteiger partial charge in [0, 0.05) is 0 Å². The van der Waals surface area contributed by atoms with Crippen molar-refractivity contribution < 1.29 is 14.9 Å². The van der Waals surface area contributed by atoms with Crippen molar-refractivity contribution in [3.05, 3.63) is 0 Å². The largest absolute Gasteiger partial charge is 0.394 e. The van der Waals surface area contributed by atoms with Crippen LogP contribution in [-0.2, 0) is 4.74 Å². The lowest BCUT2D eigenvalue weighted by Gasteiger charge is -2.22. The van der Waals surface area contributed by atoms with Crippen LogP contribution in [0.2, 0.25) is 0 Å². The summed E-state index contributed by atoms with van der Waals surface area (Å²) in [4.78, 5) is 0. The Morgan fingerprint density at radius 2 is 2.18 bits per heavy atom. The number of ether oxygens (including phenoxy) is 1. The predicted octanol–water partition coefficient (Wildman–Crippen LogP) is -0.0929. The summed E-state index contributed by atoms with van der Waals surface area (Å²) in [6.07, 6.45) is 3.36. The van der Waals surface area contributed by atoms with Gasteiger partial charge in [0.2, 0.25) is 0 Å². The van der Waals surface area contributed by atoms with Gasteiger partial charge < -0.3 is 14.9 Å². The van der Waals surface area contributed by atoms with Crippen LogP contribution < -0.4 is 0 Å². The molecule has 0 spiro atoms. The van der Waals surface area contributed by atoms with Gasteiger partial charge in [-0.25, -0.2) is 0 Å². The zero-order chi connectivity index (χ0) is 7.84. The number of aliphatic hydroxyl groups excluding tert-OH is 2. The number of epoxide rings is 1. The van der Waals surface area contributed by atoms with E-state index in [-0.39, 0.29) is 12.5 Å². The molecule has 3 heteroatoms. The number of fused-ring (bicyclic) bond motifs is 1. The minimum Gasteiger partial charge on any atom is -0.394 e. The molecule has 0 aromatic carbocycles. The highest BCUT2D eigenvalue weighted by Crippen LogP contribution is 2.40. The lowest BCUT2D eigenvalue weighted by molar-refractivity contribution is 0.0353. The Kier molecular flexibility index (Phi) is 1.87. The van der Waals surface area contributed by atoms with Crippen molar-refractivity contribution in [1.29, 1.82) is 0 Å². The van der Waals surface area contributed by atoms with Crippen LogP contribution in [0, 0.1) is 5.92 Å². The quantitative estimate of drug-likeness (QED) is 0.552. The van der Waals surface area contributed by atoms with E-state index in [2.05, 4.69) is 0 Å². The molecule has 2 aliphatic rings. The molecule has 2 N–H and O–H groups in total. The van der Waals surface area contributed by atoms with Crippen molar-refractivity contribution in [2.45, 2.75) is 37.6 Å². The fraction of sp³-hybridized carbons (Fsp3) is 1.00. The zero-order valence-corrected chi connectivity index (χ0v) is 6.44. The van der Waals surface area contributed by atoms with Gasteiger partial charge in [0.1, 0.15) is 0 Å². The Morgan fingerprint density at radius 1 is 1.36 bits per heavy atom. The molecule has 1 saturated carbocycles. The molecule has 2 rings (SSSR count). The highest BCUT2D eigenvalue weighted by molar-refractivity contribution is 4.93. The zero-order valence-electron chi connectivity index (χ0n) is 6.44. The second-order valence-electron chi connectivity index (χ2n) is 3.54. The number of aliphatic hydroxyl groups is 2. The Hall–Kier alpha value is -0.120. The highest BCUT2D eigenvalue weighted by atomic mass is 16.6. The van der Waals surface area contributed by atoms with Crippen LogP contribution in [0.5, 0.6) is 0 Å². The van der Waals surface area contributed by atoms with Crippen LogP contribution in [-0.4, -0.2) is 35.1 Å². The van der Waals surface area contributed by atoms with E-state index in [1.165, 1.54) is 0 Å². The van der Waals surface area contributed by atoms with Gasteiger partial charge in [-0.15, -0.1) is 0 Å². The molecular weight excluding hydrogens is 144 g/mol. The van der Waals surface area contributed by atoms with E-state index in [0.29, 0.717) is 12.2 Å². The fourth-order valence-corrected chi connectivity index (χ4v) is 1.93. The van der Waals surface area contributed by atoms with Crippen LogP contribution >= 0.6 is 0 Å². The summed E-state index contributed by atoms with van der Waals surface area (Å²) in [5.41, 5.74) is 0. The third-order valence-corrected chi connectivity index (χ3v) is 2.78. The lowest BCUT2D eigenvalue weighted by Crippen LogP contribution is -2.28. The van der Waals surface area contributed by atoms with E-state index in [9.17, 15) is 5.11 Å². The first-order valence-electron chi connectivity index (χ1n) is 4.25. The molecule has 4 atom stereocenters. The van der Waals surface area contributed by atoms with Crippen LogP contribution in [0.3, 0.4) is 0 Å². The Labute approximate surface area is 66.0 Å². The molecule has 1 aliphatic heterocycles. The van der Waals surface area contributed by atoms with Gasteiger partial charge in [-0.3, -0.25) is 0 Å². The molecule has 3 nitrogen and oxygen atoms in total. The SMILES string of the molecule is OCC(O)C1CCC2OC2C1. The summed E-state index contributed by atoms with van der Waals surface area (Å²) in [5, 5.41) is 18.0. The van der Waals surface area contributed by atoms with Crippen molar-refractivity contribution in [3.8, 4) is 0 Å². The van der Waals surface area contributed by atoms with Crippen LogP contribution in [0.1, 0.15) is 19.3 Å². The highest BCUT2D eigenvalue weighted by Gasteiger charge is 2.45. The topological polar surface area (TPSA) is 53.0 Å². The third kappa shape index (κ3) is 1.41. The standard InChI is InChI=1S/C8H14O3/c9-4-6(10)5-1-2-7-8(3-5)11-7/h5-10H,1-4H2. The third-order valence-electron chi connectivity index (χ3n) is 2.78. The lowest BCUT2D eigenvalue weighted by atomic mass is 9.85. The molecule has 0 radical (unpaired) electrons. The molecule has 1 saturated heterocycles. The van der Waals surface area contributed by atoms with E-state index in [4.69, 9.17) is 9.84 Å². The van der Waals surface area contributed by atoms with Crippen molar-refractivity contribution in [2.75, 3.05) is 6.61 Å². The maximum atomic E-state index is 9.31. The summed E-state index contributed by atoms with van der Waals surface area (Å²) in [5.74, 6) is 0.267. The van der Waals surface area contributed by atoms with Gasteiger partial charge in [0.05, 0.1) is 24.9 Å². The molecular formula is C8H14O3. The van der Waals surface area contributed by atoms with Crippen molar-refractivity contribution >= 4 is 0 Å². The van der Waals surface area contributed by atoms with Crippen LogP contribution in [0.15, 0.2) is 0 Å². The molecule has 4 unspecified atom stereocenters. The number of hydrogen-bond donors (Lipinski definition) is 2. The van der Waals surface area contributed by atoms with E-state index in [1.807, 2.05) is 0 Å². The molecule has 2 fully saturated rings. The predicted molar refractivity (Wildman–Crippen MR) is 39.1 cm³/mol. The second-order valence-corrected chi connectivity index (χ2v) is 3.54.